The van der Waals surface area contributed by atoms with Crippen molar-refractivity contribution in [2.24, 2.45) is 0 Å². The summed E-state index contributed by atoms with van der Waals surface area (Å²) in [7, 11) is 0. The van der Waals surface area contributed by atoms with Gasteiger partial charge in [0.1, 0.15) is 5.56 Å². The molecule has 2 aromatic carbocycles. The van der Waals surface area contributed by atoms with E-state index in [2.05, 4.69) is 10.3 Å². The quantitative estimate of drug-likeness (QED) is 0.557. The first kappa shape index (κ1) is 16.7. The van der Waals surface area contributed by atoms with E-state index in [-0.39, 0.29) is 16.3 Å². The third-order valence-corrected chi connectivity index (χ3v) is 3.75. The molecule has 8 heteroatoms. The van der Waals surface area contributed by atoms with Crippen molar-refractivity contribution in [2.75, 3.05) is 5.32 Å². The molecule has 0 aliphatic rings. The Morgan fingerprint density at radius 3 is 2.84 bits per heavy atom. The number of nitro benzene ring substituents is 1. The molecule has 0 unspecified atom stereocenters. The standard InChI is InChI=1S/C17H13ClN4O3/c18-13-4-5-15(16(9-13)22(24)25)17(23)20-14-3-1-2-12(8-14)10-21-7-6-19-11-21/h1-9,11H,10H2,(H,20,23). The minimum Gasteiger partial charge on any atom is -0.333 e. The van der Waals surface area contributed by atoms with Crippen molar-refractivity contribution in [3.8, 4) is 0 Å². The third-order valence-electron chi connectivity index (χ3n) is 3.51. The smallest absolute Gasteiger partial charge is 0.283 e. The monoisotopic (exact) mass is 356 g/mol. The van der Waals surface area contributed by atoms with E-state index >= 15 is 0 Å². The highest BCUT2D eigenvalue weighted by Gasteiger charge is 2.20. The topological polar surface area (TPSA) is 90.1 Å². The summed E-state index contributed by atoms with van der Waals surface area (Å²) >= 11 is 5.77. The summed E-state index contributed by atoms with van der Waals surface area (Å²) < 4.78 is 1.89. The number of imidazole rings is 1. The molecule has 126 valence electrons. The van der Waals surface area contributed by atoms with Crippen LogP contribution in [0.25, 0.3) is 0 Å². The lowest BCUT2D eigenvalue weighted by atomic mass is 10.1. The SMILES string of the molecule is O=C(Nc1cccc(Cn2ccnc2)c1)c1ccc(Cl)cc1[N+](=O)[O-]. The van der Waals surface area contributed by atoms with Crippen molar-refractivity contribution in [2.45, 2.75) is 6.54 Å². The van der Waals surface area contributed by atoms with Crippen LogP contribution in [0.1, 0.15) is 15.9 Å². The summed E-state index contributed by atoms with van der Waals surface area (Å²) in [6.45, 7) is 0.602. The van der Waals surface area contributed by atoms with Gasteiger partial charge in [-0.2, -0.15) is 0 Å². The number of hydrogen-bond donors (Lipinski definition) is 1. The Morgan fingerprint density at radius 1 is 1.28 bits per heavy atom. The van der Waals surface area contributed by atoms with Crippen LogP contribution < -0.4 is 5.32 Å². The largest absolute Gasteiger partial charge is 0.333 e. The molecule has 0 saturated carbocycles. The van der Waals surface area contributed by atoms with Gasteiger partial charge in [-0.25, -0.2) is 4.98 Å². The molecule has 0 spiro atoms. The minimum atomic E-state index is -0.629. The average Bonchev–Trinajstić information content (AvgIpc) is 3.08. The highest BCUT2D eigenvalue weighted by atomic mass is 35.5. The first-order valence-corrected chi connectivity index (χ1v) is 7.71. The lowest BCUT2D eigenvalue weighted by molar-refractivity contribution is -0.385. The summed E-state index contributed by atoms with van der Waals surface area (Å²) in [6, 6.07) is 11.2. The highest BCUT2D eigenvalue weighted by Crippen LogP contribution is 2.24. The number of rotatable bonds is 5. The zero-order valence-corrected chi connectivity index (χ0v) is 13.7. The molecule has 0 aliphatic heterocycles. The van der Waals surface area contributed by atoms with E-state index < -0.39 is 10.8 Å². The lowest BCUT2D eigenvalue weighted by Crippen LogP contribution is -2.14. The number of carbonyl (C=O) groups is 1. The molecule has 1 N–H and O–H groups in total. The molecule has 0 fully saturated rings. The maximum Gasteiger partial charge on any atom is 0.283 e. The van der Waals surface area contributed by atoms with Gasteiger partial charge >= 0.3 is 0 Å². The second-order valence-corrected chi connectivity index (χ2v) is 5.74. The number of hydrogen-bond acceptors (Lipinski definition) is 4. The van der Waals surface area contributed by atoms with Crippen molar-refractivity contribution in [3.05, 3.63) is 87.4 Å². The molecule has 0 radical (unpaired) electrons. The van der Waals surface area contributed by atoms with Crippen LogP contribution in [0.5, 0.6) is 0 Å². The van der Waals surface area contributed by atoms with E-state index in [4.69, 9.17) is 11.6 Å². The Balaban J connectivity index is 1.81. The van der Waals surface area contributed by atoms with Crippen molar-refractivity contribution in [1.29, 1.82) is 0 Å². The van der Waals surface area contributed by atoms with Crippen molar-refractivity contribution < 1.29 is 9.72 Å². The minimum absolute atomic E-state index is 0.0468. The van der Waals surface area contributed by atoms with Crippen molar-refractivity contribution >= 4 is 28.9 Å². The number of carbonyl (C=O) groups excluding carboxylic acids is 1. The normalized spacial score (nSPS) is 10.4. The van der Waals surface area contributed by atoms with Crippen LogP contribution in [0, 0.1) is 10.1 Å². The van der Waals surface area contributed by atoms with Gasteiger partial charge in [0.15, 0.2) is 0 Å². The van der Waals surface area contributed by atoms with Gasteiger partial charge < -0.3 is 9.88 Å². The molecule has 3 rings (SSSR count). The zero-order chi connectivity index (χ0) is 17.8. The van der Waals surface area contributed by atoms with Gasteiger partial charge in [-0.05, 0) is 29.8 Å². The molecule has 0 aliphatic carbocycles. The second kappa shape index (κ2) is 7.14. The Bertz CT molecular complexity index is 925. The molecule has 0 saturated heterocycles. The molecule has 25 heavy (non-hydrogen) atoms. The van der Waals surface area contributed by atoms with Gasteiger partial charge in [-0.15, -0.1) is 0 Å². The van der Waals surface area contributed by atoms with Gasteiger partial charge in [-0.1, -0.05) is 23.7 Å². The Hall–Kier alpha value is -3.19. The first-order chi connectivity index (χ1) is 12.0. The van der Waals surface area contributed by atoms with Gasteiger partial charge in [0.2, 0.25) is 0 Å². The molecule has 3 aromatic rings. The van der Waals surface area contributed by atoms with Crippen LogP contribution in [-0.2, 0) is 6.54 Å². The van der Waals surface area contributed by atoms with Gasteiger partial charge in [0.05, 0.1) is 11.3 Å². The predicted octanol–water partition coefficient (Wildman–Crippen LogP) is 3.75. The maximum atomic E-state index is 12.4. The predicted molar refractivity (Wildman–Crippen MR) is 93.8 cm³/mol. The number of nitrogens with one attached hydrogen (secondary N) is 1. The van der Waals surface area contributed by atoms with Crippen LogP contribution in [0.15, 0.2) is 61.2 Å². The summed E-state index contributed by atoms with van der Waals surface area (Å²) in [5.41, 5.74) is 1.13. The molecule has 1 aromatic heterocycles. The Kier molecular flexibility index (Phi) is 4.76. The van der Waals surface area contributed by atoms with E-state index in [1.165, 1.54) is 12.1 Å². The third kappa shape index (κ3) is 4.02. The summed E-state index contributed by atoms with van der Waals surface area (Å²) in [5.74, 6) is -0.567. The van der Waals surface area contributed by atoms with Crippen molar-refractivity contribution in [3.63, 3.8) is 0 Å². The van der Waals surface area contributed by atoms with Crippen LogP contribution in [-0.4, -0.2) is 20.4 Å². The number of amides is 1. The Labute approximate surface area is 148 Å². The van der Waals surface area contributed by atoms with Gasteiger partial charge in [0.25, 0.3) is 11.6 Å². The fraction of sp³-hybridized carbons (Fsp3) is 0.0588. The van der Waals surface area contributed by atoms with Crippen LogP contribution >= 0.6 is 11.6 Å². The fourth-order valence-electron chi connectivity index (χ4n) is 2.38. The van der Waals surface area contributed by atoms with E-state index in [1.54, 1.807) is 30.7 Å². The number of halogens is 1. The van der Waals surface area contributed by atoms with E-state index in [9.17, 15) is 14.9 Å². The zero-order valence-electron chi connectivity index (χ0n) is 12.9. The second-order valence-electron chi connectivity index (χ2n) is 5.31. The van der Waals surface area contributed by atoms with Crippen LogP contribution in [0.4, 0.5) is 11.4 Å². The number of nitro groups is 1. The average molecular weight is 357 g/mol. The van der Waals surface area contributed by atoms with Gasteiger partial charge in [-0.3, -0.25) is 14.9 Å². The summed E-state index contributed by atoms with van der Waals surface area (Å²) in [5, 5.41) is 14.0. The molecule has 1 heterocycles. The number of anilines is 1. The van der Waals surface area contributed by atoms with E-state index in [0.29, 0.717) is 12.2 Å². The summed E-state index contributed by atoms with van der Waals surface area (Å²) in [6.07, 6.45) is 5.22. The lowest BCUT2D eigenvalue weighted by Gasteiger charge is -2.08. The number of nitrogens with zero attached hydrogens (tertiary/aromatic N) is 3. The molecule has 0 bridgehead atoms. The van der Waals surface area contributed by atoms with Crippen LogP contribution in [0.2, 0.25) is 5.02 Å². The molecular weight excluding hydrogens is 344 g/mol. The van der Waals surface area contributed by atoms with E-state index in [1.807, 2.05) is 16.8 Å². The van der Waals surface area contributed by atoms with Gasteiger partial charge in [0, 0.05) is 35.7 Å². The number of benzene rings is 2. The maximum absolute atomic E-state index is 12.4. The highest BCUT2D eigenvalue weighted by molar-refractivity contribution is 6.31. The molecule has 7 nitrogen and oxygen atoms in total. The van der Waals surface area contributed by atoms with E-state index in [0.717, 1.165) is 11.6 Å². The molecular formula is C17H13ClN4O3. The first-order valence-electron chi connectivity index (χ1n) is 7.33. The number of aromatic nitrogens is 2. The van der Waals surface area contributed by atoms with Crippen LogP contribution in [0.3, 0.4) is 0 Å². The summed E-state index contributed by atoms with van der Waals surface area (Å²) in [4.78, 5) is 26.9. The van der Waals surface area contributed by atoms with Crippen molar-refractivity contribution in [1.82, 2.24) is 9.55 Å². The molecule has 1 amide bonds. The Morgan fingerprint density at radius 2 is 2.12 bits per heavy atom. The molecule has 0 atom stereocenters. The fourth-order valence-corrected chi connectivity index (χ4v) is 2.55.